The van der Waals surface area contributed by atoms with E-state index in [1.165, 1.54) is 23.9 Å². The van der Waals surface area contributed by atoms with Gasteiger partial charge in [0.2, 0.25) is 0 Å². The summed E-state index contributed by atoms with van der Waals surface area (Å²) in [6.45, 7) is 10.6. The number of aryl methyl sites for hydroxylation is 1. The molecule has 0 radical (unpaired) electrons. The fraction of sp³-hybridized carbons (Fsp3) is 0.667. The fourth-order valence-electron chi connectivity index (χ4n) is 1.56. The molecular weight excluding hydrogens is 438 g/mol. The predicted octanol–water partition coefficient (Wildman–Crippen LogP) is 2.10. The van der Waals surface area contributed by atoms with Crippen LogP contribution in [0, 0.1) is 17.8 Å². The quantitative estimate of drug-likeness (QED) is 0.288. The Morgan fingerprint density at radius 2 is 1.52 bits per heavy atom. The maximum Gasteiger partial charge on any atom is 0.349 e. The molecule has 0 fully saturated rings. The number of nitrogens with one attached hydrogen (secondary N) is 1. The number of methoxy groups -OCH3 is 1. The minimum atomic E-state index is -0.741. The topological polar surface area (TPSA) is 177 Å². The summed E-state index contributed by atoms with van der Waals surface area (Å²) in [5.74, 6) is -2.33. The number of esters is 1. The standard InChI is InChI=1S/C13H21N3O5.2C4H8O2/c1-9(2)12(17)21-8-10(20-3)4-6-16-7-5-11(15-19)14-13(16)18;2*1-3(2)4(5)6/h5,7,9-10,19H,4,6,8H2,1-3H3,(H,14,15,18);2*3H,1-2H3,(H,5,6). The van der Waals surface area contributed by atoms with Crippen LogP contribution in [-0.2, 0) is 30.4 Å². The molecule has 12 nitrogen and oxygen atoms in total. The molecule has 1 unspecified atom stereocenters. The Morgan fingerprint density at radius 1 is 1.03 bits per heavy atom. The number of carboxylic acids is 2. The summed E-state index contributed by atoms with van der Waals surface area (Å²) in [7, 11) is 1.52. The molecule has 33 heavy (non-hydrogen) atoms. The summed E-state index contributed by atoms with van der Waals surface area (Å²) < 4.78 is 11.7. The van der Waals surface area contributed by atoms with Crippen LogP contribution in [0.15, 0.2) is 17.1 Å². The average Bonchev–Trinajstić information content (AvgIpc) is 2.74. The van der Waals surface area contributed by atoms with Crippen LogP contribution in [0.3, 0.4) is 0 Å². The van der Waals surface area contributed by atoms with Crippen molar-refractivity contribution in [1.82, 2.24) is 9.55 Å². The predicted molar refractivity (Wildman–Crippen MR) is 120 cm³/mol. The van der Waals surface area contributed by atoms with Gasteiger partial charge in [-0.2, -0.15) is 4.98 Å². The maximum atomic E-state index is 11.6. The highest BCUT2D eigenvalue weighted by atomic mass is 16.6. The molecule has 0 saturated carbocycles. The van der Waals surface area contributed by atoms with Crippen molar-refractivity contribution in [1.29, 1.82) is 0 Å². The van der Waals surface area contributed by atoms with E-state index in [4.69, 9.17) is 24.9 Å². The van der Waals surface area contributed by atoms with Crippen LogP contribution >= 0.6 is 0 Å². The number of carboxylic acid groups (broad SMARTS) is 2. The summed E-state index contributed by atoms with van der Waals surface area (Å²) >= 11 is 0. The van der Waals surface area contributed by atoms with E-state index in [-0.39, 0.29) is 42.3 Å². The van der Waals surface area contributed by atoms with Gasteiger partial charge in [0.25, 0.3) is 0 Å². The molecule has 0 bridgehead atoms. The van der Waals surface area contributed by atoms with E-state index in [9.17, 15) is 19.2 Å². The molecule has 0 aromatic carbocycles. The van der Waals surface area contributed by atoms with Gasteiger partial charge in [-0.05, 0) is 12.5 Å². The van der Waals surface area contributed by atoms with Crippen molar-refractivity contribution >= 4 is 23.7 Å². The van der Waals surface area contributed by atoms with Gasteiger partial charge < -0.3 is 19.7 Å². The van der Waals surface area contributed by atoms with Gasteiger partial charge in [0.1, 0.15) is 6.61 Å². The molecule has 190 valence electrons. The number of hydrogen-bond donors (Lipinski definition) is 4. The lowest BCUT2D eigenvalue weighted by Gasteiger charge is -2.16. The zero-order valence-corrected chi connectivity index (χ0v) is 20.3. The number of aromatic nitrogens is 2. The number of ether oxygens (including phenoxy) is 2. The van der Waals surface area contributed by atoms with Crippen LogP contribution in [0.2, 0.25) is 0 Å². The van der Waals surface area contributed by atoms with Gasteiger partial charge in [-0.15, -0.1) is 0 Å². The molecule has 0 amide bonds. The molecule has 4 N–H and O–H groups in total. The summed E-state index contributed by atoms with van der Waals surface area (Å²) in [6, 6.07) is 1.47. The molecular formula is C21H37N3O9. The van der Waals surface area contributed by atoms with Gasteiger partial charge in [-0.25, -0.2) is 4.79 Å². The van der Waals surface area contributed by atoms with Gasteiger partial charge in [0.15, 0.2) is 5.82 Å². The van der Waals surface area contributed by atoms with E-state index < -0.39 is 17.6 Å². The van der Waals surface area contributed by atoms with Gasteiger partial charge >= 0.3 is 23.6 Å². The molecule has 0 aliphatic carbocycles. The first kappa shape index (κ1) is 32.2. The third-order valence-corrected chi connectivity index (χ3v) is 3.88. The lowest BCUT2D eigenvalue weighted by molar-refractivity contribution is -0.151. The zero-order chi connectivity index (χ0) is 26.1. The van der Waals surface area contributed by atoms with E-state index in [1.807, 2.05) is 5.48 Å². The first-order valence-electron chi connectivity index (χ1n) is 10.4. The van der Waals surface area contributed by atoms with Crippen LogP contribution in [0.4, 0.5) is 5.82 Å². The van der Waals surface area contributed by atoms with Crippen molar-refractivity contribution in [2.24, 2.45) is 17.8 Å². The molecule has 1 aromatic rings. The first-order chi connectivity index (χ1) is 15.3. The van der Waals surface area contributed by atoms with Crippen LogP contribution < -0.4 is 11.2 Å². The summed E-state index contributed by atoms with van der Waals surface area (Å²) in [4.78, 5) is 46.0. The van der Waals surface area contributed by atoms with E-state index in [0.29, 0.717) is 13.0 Å². The second-order valence-corrected chi connectivity index (χ2v) is 7.82. The number of anilines is 1. The Labute approximate surface area is 193 Å². The van der Waals surface area contributed by atoms with Crippen LogP contribution in [0.1, 0.15) is 48.0 Å². The van der Waals surface area contributed by atoms with Crippen molar-refractivity contribution in [3.63, 3.8) is 0 Å². The molecule has 1 rings (SSSR count). The monoisotopic (exact) mass is 475 g/mol. The SMILES string of the molecule is CC(C)C(=O)O.CC(C)C(=O)O.COC(CCn1ccc(NO)nc1=O)COC(=O)C(C)C. The summed E-state index contributed by atoms with van der Waals surface area (Å²) in [5.41, 5.74) is 1.32. The Morgan fingerprint density at radius 3 is 1.85 bits per heavy atom. The molecule has 1 heterocycles. The Kier molecular flexibility index (Phi) is 17.1. The number of carbonyl (C=O) groups excluding carboxylic acids is 1. The van der Waals surface area contributed by atoms with Crippen molar-refractivity contribution in [3.05, 3.63) is 22.7 Å². The lowest BCUT2D eigenvalue weighted by atomic mass is 10.2. The summed E-state index contributed by atoms with van der Waals surface area (Å²) in [5, 5.41) is 24.6. The normalized spacial score (nSPS) is 11.1. The molecule has 0 aliphatic rings. The lowest BCUT2D eigenvalue weighted by Crippen LogP contribution is -2.28. The average molecular weight is 476 g/mol. The number of carbonyl (C=O) groups is 3. The Hall–Kier alpha value is -2.99. The minimum Gasteiger partial charge on any atom is -0.481 e. The van der Waals surface area contributed by atoms with Crippen molar-refractivity contribution in [2.45, 2.75) is 60.6 Å². The first-order valence-corrected chi connectivity index (χ1v) is 10.4. The van der Waals surface area contributed by atoms with Crippen molar-refractivity contribution in [2.75, 3.05) is 19.2 Å². The van der Waals surface area contributed by atoms with Crippen LogP contribution in [-0.4, -0.2) is 62.7 Å². The van der Waals surface area contributed by atoms with Crippen molar-refractivity contribution < 1.29 is 39.3 Å². The van der Waals surface area contributed by atoms with E-state index in [2.05, 4.69) is 4.98 Å². The number of hydrogen-bond acceptors (Lipinski definition) is 9. The number of aliphatic carboxylic acids is 2. The third-order valence-electron chi connectivity index (χ3n) is 3.88. The van der Waals surface area contributed by atoms with Gasteiger partial charge in [0.05, 0.1) is 23.9 Å². The Balaban J connectivity index is 0. The highest BCUT2D eigenvalue weighted by Crippen LogP contribution is 2.04. The zero-order valence-electron chi connectivity index (χ0n) is 20.3. The van der Waals surface area contributed by atoms with Crippen molar-refractivity contribution in [3.8, 4) is 0 Å². The molecule has 0 spiro atoms. The van der Waals surface area contributed by atoms with Gasteiger partial charge in [0, 0.05) is 19.9 Å². The second-order valence-electron chi connectivity index (χ2n) is 7.82. The highest BCUT2D eigenvalue weighted by molar-refractivity contribution is 5.71. The van der Waals surface area contributed by atoms with Crippen LogP contribution in [0.25, 0.3) is 0 Å². The highest BCUT2D eigenvalue weighted by Gasteiger charge is 2.14. The maximum absolute atomic E-state index is 11.6. The third kappa shape index (κ3) is 16.3. The Bertz CT molecular complexity index is 758. The molecule has 0 saturated heterocycles. The second kappa shape index (κ2) is 17.6. The van der Waals surface area contributed by atoms with E-state index >= 15 is 0 Å². The van der Waals surface area contributed by atoms with E-state index in [1.54, 1.807) is 41.5 Å². The number of rotatable bonds is 10. The van der Waals surface area contributed by atoms with Gasteiger partial charge in [-0.1, -0.05) is 41.5 Å². The smallest absolute Gasteiger partial charge is 0.349 e. The van der Waals surface area contributed by atoms with Crippen LogP contribution in [0.5, 0.6) is 0 Å². The molecule has 1 atom stereocenters. The molecule has 12 heteroatoms. The number of nitrogens with zero attached hydrogens (tertiary/aromatic N) is 2. The van der Waals surface area contributed by atoms with Gasteiger partial charge in [-0.3, -0.25) is 29.6 Å². The van der Waals surface area contributed by atoms with E-state index in [0.717, 1.165) is 0 Å². The summed E-state index contributed by atoms with van der Waals surface area (Å²) in [6.07, 6.45) is 1.71. The fourth-order valence-corrected chi connectivity index (χ4v) is 1.56. The largest absolute Gasteiger partial charge is 0.481 e. The minimum absolute atomic E-state index is 0.0883. The molecule has 1 aromatic heterocycles. The molecule has 0 aliphatic heterocycles.